The molecule has 4 amide bonds. The van der Waals surface area contributed by atoms with Crippen LogP contribution in [0.5, 0.6) is 0 Å². The Labute approximate surface area is 204 Å². The molecule has 1 aliphatic rings. The predicted molar refractivity (Wildman–Crippen MR) is 127 cm³/mol. The van der Waals surface area contributed by atoms with Crippen LogP contribution in [0, 0.1) is 0 Å². The monoisotopic (exact) mass is 482 g/mol. The lowest BCUT2D eigenvalue weighted by molar-refractivity contribution is -0.134. The average molecular weight is 483 g/mol. The van der Waals surface area contributed by atoms with Crippen molar-refractivity contribution in [1.82, 2.24) is 20.9 Å². The zero-order chi connectivity index (χ0) is 25.2. The molecule has 3 N–H and O–H groups in total. The molecule has 0 spiro atoms. The number of ether oxygens (including phenoxy) is 2. The second-order valence-corrected chi connectivity index (χ2v) is 8.24. The van der Waals surface area contributed by atoms with E-state index in [4.69, 9.17) is 9.47 Å². The Morgan fingerprint density at radius 1 is 0.857 bits per heavy atom. The first-order chi connectivity index (χ1) is 16.8. The van der Waals surface area contributed by atoms with Crippen LogP contribution in [0.15, 0.2) is 60.7 Å². The zero-order valence-corrected chi connectivity index (χ0v) is 19.7. The van der Waals surface area contributed by atoms with Crippen LogP contribution >= 0.6 is 0 Å². The highest BCUT2D eigenvalue weighted by Gasteiger charge is 2.50. The number of alkyl carbamates (subject to hydrolysis) is 1. The molecule has 1 heterocycles. The molecule has 10 heteroatoms. The summed E-state index contributed by atoms with van der Waals surface area (Å²) in [4.78, 5) is 50.5. The number of likely N-dealkylation sites (N-methyl/N-ethyl adjacent to an activating group) is 1. The van der Waals surface area contributed by atoms with Gasteiger partial charge in [-0.2, -0.15) is 0 Å². The zero-order valence-electron chi connectivity index (χ0n) is 19.7. The molecular weight excluding hydrogens is 452 g/mol. The number of epoxide rings is 1. The van der Waals surface area contributed by atoms with Crippen molar-refractivity contribution in [3.8, 4) is 0 Å². The Morgan fingerprint density at radius 3 is 2.06 bits per heavy atom. The van der Waals surface area contributed by atoms with Gasteiger partial charge in [-0.3, -0.25) is 14.4 Å². The molecule has 0 radical (unpaired) electrons. The molecule has 2 aromatic carbocycles. The largest absolute Gasteiger partial charge is 0.445 e. The summed E-state index contributed by atoms with van der Waals surface area (Å²) in [6.07, 6.45) is -2.18. The summed E-state index contributed by atoms with van der Waals surface area (Å²) >= 11 is 0. The van der Waals surface area contributed by atoms with Crippen LogP contribution in [0.3, 0.4) is 0 Å². The lowest BCUT2D eigenvalue weighted by Gasteiger charge is -2.21. The summed E-state index contributed by atoms with van der Waals surface area (Å²) in [6, 6.07) is 17.8. The molecular formula is C25H30N4O6. The summed E-state index contributed by atoms with van der Waals surface area (Å²) in [5, 5.41) is 7.83. The first-order valence-electron chi connectivity index (χ1n) is 11.3. The summed E-state index contributed by atoms with van der Waals surface area (Å²) in [5.74, 6) is -1.25. The first-order valence-corrected chi connectivity index (χ1v) is 11.3. The van der Waals surface area contributed by atoms with Crippen molar-refractivity contribution in [2.24, 2.45) is 0 Å². The van der Waals surface area contributed by atoms with Crippen molar-refractivity contribution in [3.63, 3.8) is 0 Å². The van der Waals surface area contributed by atoms with E-state index in [1.165, 1.54) is 4.90 Å². The number of amides is 4. The van der Waals surface area contributed by atoms with E-state index >= 15 is 0 Å². The van der Waals surface area contributed by atoms with Crippen molar-refractivity contribution in [3.05, 3.63) is 71.8 Å². The van der Waals surface area contributed by atoms with Gasteiger partial charge in [0.1, 0.15) is 12.6 Å². The molecule has 0 saturated carbocycles. The van der Waals surface area contributed by atoms with E-state index < -0.39 is 36.2 Å². The number of carbonyl (C=O) groups is 4. The van der Waals surface area contributed by atoms with Gasteiger partial charge < -0.3 is 30.3 Å². The summed E-state index contributed by atoms with van der Waals surface area (Å²) < 4.78 is 10.3. The summed E-state index contributed by atoms with van der Waals surface area (Å²) in [6.45, 7) is 0.440. The van der Waals surface area contributed by atoms with E-state index in [9.17, 15) is 19.2 Å². The normalized spacial score (nSPS) is 17.0. The van der Waals surface area contributed by atoms with Gasteiger partial charge in [0.25, 0.3) is 11.8 Å². The van der Waals surface area contributed by atoms with Gasteiger partial charge in [-0.15, -0.1) is 0 Å². The van der Waals surface area contributed by atoms with E-state index in [1.54, 1.807) is 14.1 Å². The molecule has 0 unspecified atom stereocenters. The summed E-state index contributed by atoms with van der Waals surface area (Å²) in [7, 11) is 3.23. The van der Waals surface area contributed by atoms with E-state index in [0.717, 1.165) is 11.1 Å². The van der Waals surface area contributed by atoms with Crippen molar-refractivity contribution < 1.29 is 28.7 Å². The predicted octanol–water partition coefficient (Wildman–Crippen LogP) is 0.612. The molecule has 0 bridgehead atoms. The highest BCUT2D eigenvalue weighted by molar-refractivity contribution is 5.97. The molecule has 0 aromatic heterocycles. The smallest absolute Gasteiger partial charge is 0.407 e. The Hall–Kier alpha value is -3.92. The van der Waals surface area contributed by atoms with Crippen LogP contribution in [0.1, 0.15) is 11.1 Å². The van der Waals surface area contributed by atoms with Crippen molar-refractivity contribution in [1.29, 1.82) is 0 Å². The maximum absolute atomic E-state index is 12.6. The van der Waals surface area contributed by atoms with Crippen LogP contribution in [0.4, 0.5) is 4.79 Å². The lowest BCUT2D eigenvalue weighted by Crippen LogP contribution is -2.49. The number of nitrogens with one attached hydrogen (secondary N) is 3. The van der Waals surface area contributed by atoms with Crippen LogP contribution in [-0.2, 0) is 36.9 Å². The van der Waals surface area contributed by atoms with E-state index in [2.05, 4.69) is 16.0 Å². The maximum Gasteiger partial charge on any atom is 0.407 e. The standard InChI is InChI=1S/C25H30N4O6/c1-29(2)24(32)19(15-17-9-5-3-6-10-17)28-23(31)21-20(35-21)22(30)26-13-14-27-25(33)34-16-18-11-7-4-8-12-18/h3-12,19-21H,13-16H2,1-2H3,(H,26,30)(H,27,33)(H,28,31)/t19-,20-,21-/m0/s1. The second-order valence-electron chi connectivity index (χ2n) is 8.24. The number of hydrogen-bond donors (Lipinski definition) is 3. The van der Waals surface area contributed by atoms with Gasteiger partial charge in [0.2, 0.25) is 5.91 Å². The molecule has 3 atom stereocenters. The molecule has 1 saturated heterocycles. The number of nitrogens with zero attached hydrogens (tertiary/aromatic N) is 1. The van der Waals surface area contributed by atoms with Crippen LogP contribution in [0.25, 0.3) is 0 Å². The number of benzene rings is 2. The average Bonchev–Trinajstić information content (AvgIpc) is 3.67. The highest BCUT2D eigenvalue weighted by Crippen LogP contribution is 2.22. The van der Waals surface area contributed by atoms with Gasteiger partial charge in [0, 0.05) is 33.6 Å². The molecule has 1 aliphatic heterocycles. The SMILES string of the molecule is CN(C)C(=O)[C@H](Cc1ccccc1)NC(=O)[C@H]1O[C@@H]1C(=O)NCCNC(=O)OCc1ccccc1. The molecule has 0 aliphatic carbocycles. The third-order valence-corrected chi connectivity index (χ3v) is 5.25. The Kier molecular flexibility index (Phi) is 9.19. The Bertz CT molecular complexity index is 1020. The molecule has 35 heavy (non-hydrogen) atoms. The lowest BCUT2D eigenvalue weighted by atomic mass is 10.0. The molecule has 10 nitrogen and oxygen atoms in total. The van der Waals surface area contributed by atoms with Gasteiger partial charge >= 0.3 is 6.09 Å². The van der Waals surface area contributed by atoms with Gasteiger partial charge in [-0.25, -0.2) is 4.79 Å². The van der Waals surface area contributed by atoms with Crippen LogP contribution < -0.4 is 16.0 Å². The highest BCUT2D eigenvalue weighted by atomic mass is 16.6. The first kappa shape index (κ1) is 25.7. The van der Waals surface area contributed by atoms with Crippen LogP contribution in [0.2, 0.25) is 0 Å². The van der Waals surface area contributed by atoms with Crippen LogP contribution in [-0.4, -0.2) is 74.1 Å². The minimum absolute atomic E-state index is 0.142. The Balaban J connectivity index is 1.37. The summed E-state index contributed by atoms with van der Waals surface area (Å²) in [5.41, 5.74) is 1.76. The quantitative estimate of drug-likeness (QED) is 0.318. The van der Waals surface area contributed by atoms with Gasteiger partial charge in [-0.1, -0.05) is 60.7 Å². The van der Waals surface area contributed by atoms with Crippen molar-refractivity contribution in [2.75, 3.05) is 27.2 Å². The number of carbonyl (C=O) groups excluding carboxylic acids is 4. The minimum Gasteiger partial charge on any atom is -0.445 e. The fraction of sp³-hybridized carbons (Fsp3) is 0.360. The fourth-order valence-corrected chi connectivity index (χ4v) is 3.35. The maximum atomic E-state index is 12.6. The second kappa shape index (κ2) is 12.5. The minimum atomic E-state index is -0.966. The van der Waals surface area contributed by atoms with Gasteiger partial charge in [-0.05, 0) is 11.1 Å². The Morgan fingerprint density at radius 2 is 1.43 bits per heavy atom. The topological polar surface area (TPSA) is 129 Å². The molecule has 3 rings (SSSR count). The third kappa shape index (κ3) is 8.11. The van der Waals surface area contributed by atoms with Gasteiger partial charge in [0.05, 0.1) is 0 Å². The number of rotatable bonds is 11. The van der Waals surface area contributed by atoms with Crippen molar-refractivity contribution >= 4 is 23.8 Å². The van der Waals surface area contributed by atoms with E-state index in [0.29, 0.717) is 6.42 Å². The van der Waals surface area contributed by atoms with Gasteiger partial charge in [0.15, 0.2) is 12.2 Å². The van der Waals surface area contributed by atoms with Crippen molar-refractivity contribution in [2.45, 2.75) is 31.3 Å². The number of hydrogen-bond acceptors (Lipinski definition) is 6. The fourth-order valence-electron chi connectivity index (χ4n) is 3.35. The molecule has 2 aromatic rings. The molecule has 1 fully saturated rings. The van der Waals surface area contributed by atoms with E-state index in [-0.39, 0.29) is 25.6 Å². The molecule has 186 valence electrons. The van der Waals surface area contributed by atoms with E-state index in [1.807, 2.05) is 60.7 Å². The third-order valence-electron chi connectivity index (χ3n) is 5.25.